The van der Waals surface area contributed by atoms with Crippen LogP contribution in [-0.2, 0) is 22.6 Å². The average Bonchev–Trinajstić information content (AvgIpc) is 3.42. The van der Waals surface area contributed by atoms with Gasteiger partial charge in [-0.1, -0.05) is 69.2 Å². The SMILES string of the molecule is CC(C)C[C@H](NC(=O)N1CCCCCC1)C(=O)N[C@@H](Cc1ccc(OCc2ccccc2)cc1)C(=O)Nc1ccc(N2CCCCC2)cc1. The van der Waals surface area contributed by atoms with Gasteiger partial charge in [-0.25, -0.2) is 4.79 Å². The average molecular weight is 668 g/mol. The van der Waals surface area contributed by atoms with E-state index in [1.54, 1.807) is 0 Å². The second-order valence-electron chi connectivity index (χ2n) is 13.8. The Balaban J connectivity index is 1.28. The molecule has 0 unspecified atom stereocenters. The third-order valence-electron chi connectivity index (χ3n) is 9.32. The molecule has 2 aliphatic heterocycles. The number of carbonyl (C=O) groups is 3. The molecule has 0 saturated carbocycles. The van der Waals surface area contributed by atoms with Crippen LogP contribution in [0.2, 0.25) is 0 Å². The molecule has 0 aromatic heterocycles. The number of urea groups is 1. The maximum absolute atomic E-state index is 13.9. The molecule has 0 radical (unpaired) electrons. The van der Waals surface area contributed by atoms with Crippen LogP contribution in [0.5, 0.6) is 5.75 Å². The van der Waals surface area contributed by atoms with Crippen molar-refractivity contribution >= 4 is 29.2 Å². The fourth-order valence-corrected chi connectivity index (χ4v) is 6.53. The van der Waals surface area contributed by atoms with Gasteiger partial charge in [-0.2, -0.15) is 0 Å². The predicted octanol–water partition coefficient (Wildman–Crippen LogP) is 6.92. The van der Waals surface area contributed by atoms with Crippen molar-refractivity contribution in [3.63, 3.8) is 0 Å². The maximum Gasteiger partial charge on any atom is 0.318 e. The molecule has 2 fully saturated rings. The van der Waals surface area contributed by atoms with Crippen molar-refractivity contribution in [3.05, 3.63) is 90.0 Å². The summed E-state index contributed by atoms with van der Waals surface area (Å²) < 4.78 is 5.96. The molecular weight excluding hydrogens is 614 g/mol. The standard InChI is InChI=1S/C40H53N5O4/c1-30(2)27-36(43-40(48)45-25-9-3-4-10-26-45)39(47)42-37(28-31-15-21-35(22-16-31)49-29-32-13-7-5-8-14-32)38(46)41-33-17-19-34(20-18-33)44-23-11-6-12-24-44/h5,7-8,13-22,30,36-37H,3-4,6,9-12,23-29H2,1-2H3,(H,41,46)(H,42,47)(H,43,48)/t36-,37-/m0/s1. The van der Waals surface area contributed by atoms with Crippen LogP contribution >= 0.6 is 0 Å². The minimum absolute atomic E-state index is 0.161. The van der Waals surface area contributed by atoms with E-state index in [1.807, 2.05) is 97.6 Å². The van der Waals surface area contributed by atoms with Crippen molar-refractivity contribution in [3.8, 4) is 5.75 Å². The Morgan fingerprint density at radius 1 is 0.673 bits per heavy atom. The summed E-state index contributed by atoms with van der Waals surface area (Å²) in [5, 5.41) is 9.04. The lowest BCUT2D eigenvalue weighted by atomic mass is 10.0. The minimum Gasteiger partial charge on any atom is -0.489 e. The number of amides is 4. The normalized spacial score (nSPS) is 16.3. The van der Waals surface area contributed by atoms with E-state index in [1.165, 1.54) is 19.3 Å². The fraction of sp³-hybridized carbons (Fsp3) is 0.475. The third kappa shape index (κ3) is 11.3. The molecule has 2 heterocycles. The first-order valence-corrected chi connectivity index (χ1v) is 18.1. The summed E-state index contributed by atoms with van der Waals surface area (Å²) in [6, 6.07) is 23.7. The Labute approximate surface area is 291 Å². The molecule has 9 heteroatoms. The van der Waals surface area contributed by atoms with E-state index in [9.17, 15) is 14.4 Å². The van der Waals surface area contributed by atoms with E-state index >= 15 is 0 Å². The van der Waals surface area contributed by atoms with Gasteiger partial charge in [0.2, 0.25) is 11.8 Å². The van der Waals surface area contributed by atoms with Crippen molar-refractivity contribution in [1.82, 2.24) is 15.5 Å². The van der Waals surface area contributed by atoms with Gasteiger partial charge in [0.05, 0.1) is 0 Å². The number of hydrogen-bond donors (Lipinski definition) is 3. The van der Waals surface area contributed by atoms with E-state index in [4.69, 9.17) is 4.74 Å². The van der Waals surface area contributed by atoms with Crippen LogP contribution in [-0.4, -0.2) is 61.0 Å². The molecule has 2 aliphatic rings. The first-order chi connectivity index (χ1) is 23.8. The molecule has 5 rings (SSSR count). The van der Waals surface area contributed by atoms with Gasteiger partial charge in [0.15, 0.2) is 0 Å². The Bertz CT molecular complexity index is 1460. The quantitative estimate of drug-likeness (QED) is 0.184. The van der Waals surface area contributed by atoms with Crippen LogP contribution in [0, 0.1) is 5.92 Å². The fourth-order valence-electron chi connectivity index (χ4n) is 6.53. The lowest BCUT2D eigenvalue weighted by Crippen LogP contribution is -2.55. The molecule has 262 valence electrons. The van der Waals surface area contributed by atoms with E-state index in [0.29, 0.717) is 31.8 Å². The minimum atomic E-state index is -0.866. The number of anilines is 2. The molecular formula is C40H53N5O4. The summed E-state index contributed by atoms with van der Waals surface area (Å²) in [5.41, 5.74) is 3.77. The number of nitrogens with one attached hydrogen (secondary N) is 3. The van der Waals surface area contributed by atoms with Gasteiger partial charge < -0.3 is 30.5 Å². The van der Waals surface area contributed by atoms with Crippen LogP contribution < -0.4 is 25.6 Å². The second-order valence-corrected chi connectivity index (χ2v) is 13.8. The summed E-state index contributed by atoms with van der Waals surface area (Å²) >= 11 is 0. The lowest BCUT2D eigenvalue weighted by molar-refractivity contribution is -0.128. The van der Waals surface area contributed by atoms with Gasteiger partial charge in [-0.15, -0.1) is 0 Å². The van der Waals surface area contributed by atoms with Gasteiger partial charge in [0.25, 0.3) is 0 Å². The van der Waals surface area contributed by atoms with Crippen molar-refractivity contribution in [1.29, 1.82) is 0 Å². The van der Waals surface area contributed by atoms with Crippen molar-refractivity contribution in [2.75, 3.05) is 36.4 Å². The molecule has 0 spiro atoms. The van der Waals surface area contributed by atoms with Gasteiger partial charge in [-0.05, 0) is 92.0 Å². The molecule has 4 amide bonds. The molecule has 0 aliphatic carbocycles. The van der Waals surface area contributed by atoms with Crippen LogP contribution in [0.15, 0.2) is 78.9 Å². The second kappa shape index (κ2) is 18.3. The van der Waals surface area contributed by atoms with E-state index in [0.717, 1.165) is 61.3 Å². The summed E-state index contributed by atoms with van der Waals surface area (Å²) in [7, 11) is 0. The van der Waals surface area contributed by atoms with E-state index < -0.39 is 12.1 Å². The summed E-state index contributed by atoms with van der Waals surface area (Å²) in [6.07, 6.45) is 8.53. The zero-order valence-electron chi connectivity index (χ0n) is 29.2. The van der Waals surface area contributed by atoms with Crippen LogP contribution in [0.25, 0.3) is 0 Å². The Hall–Kier alpha value is -4.53. The zero-order valence-corrected chi connectivity index (χ0v) is 29.2. The number of nitrogens with zero attached hydrogens (tertiary/aromatic N) is 2. The highest BCUT2D eigenvalue weighted by atomic mass is 16.5. The Morgan fingerprint density at radius 2 is 1.31 bits per heavy atom. The van der Waals surface area contributed by atoms with E-state index in [-0.39, 0.29) is 30.2 Å². The molecule has 0 bridgehead atoms. The van der Waals surface area contributed by atoms with Crippen LogP contribution in [0.3, 0.4) is 0 Å². The Morgan fingerprint density at radius 3 is 1.96 bits per heavy atom. The molecule has 3 aromatic rings. The van der Waals surface area contributed by atoms with Crippen LogP contribution in [0.1, 0.15) is 76.3 Å². The van der Waals surface area contributed by atoms with Crippen molar-refractivity contribution < 1.29 is 19.1 Å². The molecule has 3 N–H and O–H groups in total. The number of rotatable bonds is 13. The van der Waals surface area contributed by atoms with Crippen molar-refractivity contribution in [2.45, 2.75) is 90.3 Å². The third-order valence-corrected chi connectivity index (χ3v) is 9.32. The molecule has 9 nitrogen and oxygen atoms in total. The number of hydrogen-bond acceptors (Lipinski definition) is 5. The number of piperidine rings is 1. The number of carbonyl (C=O) groups excluding carboxylic acids is 3. The smallest absolute Gasteiger partial charge is 0.318 e. The highest BCUT2D eigenvalue weighted by molar-refractivity contribution is 5.98. The highest BCUT2D eigenvalue weighted by Gasteiger charge is 2.29. The topological polar surface area (TPSA) is 103 Å². The molecule has 49 heavy (non-hydrogen) atoms. The summed E-state index contributed by atoms with van der Waals surface area (Å²) in [5.74, 6) is 0.208. The zero-order chi connectivity index (χ0) is 34.4. The Kier molecular flexibility index (Phi) is 13.4. The van der Waals surface area contributed by atoms with Crippen LogP contribution in [0.4, 0.5) is 16.2 Å². The number of benzene rings is 3. The first-order valence-electron chi connectivity index (χ1n) is 18.1. The van der Waals surface area contributed by atoms with Gasteiger partial charge >= 0.3 is 6.03 Å². The summed E-state index contributed by atoms with van der Waals surface area (Å²) in [6.45, 7) is 7.97. The maximum atomic E-state index is 13.9. The predicted molar refractivity (Wildman–Crippen MR) is 196 cm³/mol. The van der Waals surface area contributed by atoms with Crippen molar-refractivity contribution in [2.24, 2.45) is 5.92 Å². The monoisotopic (exact) mass is 667 g/mol. The molecule has 2 atom stereocenters. The number of likely N-dealkylation sites (tertiary alicyclic amines) is 1. The summed E-state index contributed by atoms with van der Waals surface area (Å²) in [4.78, 5) is 45.2. The van der Waals surface area contributed by atoms with Gasteiger partial charge in [0, 0.05) is 44.0 Å². The lowest BCUT2D eigenvalue weighted by Gasteiger charge is -2.29. The van der Waals surface area contributed by atoms with E-state index in [2.05, 4.69) is 20.9 Å². The molecule has 2 saturated heterocycles. The largest absolute Gasteiger partial charge is 0.489 e. The molecule has 3 aromatic carbocycles. The number of ether oxygens (including phenoxy) is 1. The highest BCUT2D eigenvalue weighted by Crippen LogP contribution is 2.23. The first kappa shape index (κ1) is 35.8. The van der Waals surface area contributed by atoms with Gasteiger partial charge in [0.1, 0.15) is 24.4 Å². The van der Waals surface area contributed by atoms with Gasteiger partial charge in [-0.3, -0.25) is 9.59 Å².